The number of nitrogen functional groups attached to an aromatic ring is 1. The van der Waals surface area contributed by atoms with Crippen LogP contribution in [0.15, 0.2) is 12.1 Å². The first-order valence-electron chi connectivity index (χ1n) is 3.59. The Balaban J connectivity index is 3.47. The molecule has 13 heavy (non-hydrogen) atoms. The predicted molar refractivity (Wildman–Crippen MR) is 47.3 cm³/mol. The Bertz CT molecular complexity index is 405. The molecule has 1 rings (SSSR count). The summed E-state index contributed by atoms with van der Waals surface area (Å²) in [5.41, 5.74) is 6.55. The van der Waals surface area contributed by atoms with Crippen molar-refractivity contribution in [3.63, 3.8) is 0 Å². The van der Waals surface area contributed by atoms with Crippen molar-refractivity contribution in [2.45, 2.75) is 6.92 Å². The van der Waals surface area contributed by atoms with Crippen molar-refractivity contribution in [3.8, 4) is 6.07 Å². The molecule has 0 spiro atoms. The van der Waals surface area contributed by atoms with E-state index in [1.165, 1.54) is 12.1 Å². The van der Waals surface area contributed by atoms with Gasteiger partial charge < -0.3 is 10.8 Å². The Hall–Kier alpha value is -2.02. The Morgan fingerprint density at radius 1 is 1.62 bits per heavy atom. The van der Waals surface area contributed by atoms with Crippen molar-refractivity contribution in [1.82, 2.24) is 0 Å². The van der Waals surface area contributed by atoms with Crippen molar-refractivity contribution < 1.29 is 9.90 Å². The maximum Gasteiger partial charge on any atom is 0.336 e. The lowest BCUT2D eigenvalue weighted by Gasteiger charge is -2.03. The van der Waals surface area contributed by atoms with Crippen LogP contribution in [0.1, 0.15) is 21.5 Å². The summed E-state index contributed by atoms with van der Waals surface area (Å²) in [4.78, 5) is 10.7. The molecule has 0 aliphatic rings. The largest absolute Gasteiger partial charge is 0.478 e. The van der Waals surface area contributed by atoms with Crippen LogP contribution in [0.4, 0.5) is 5.69 Å². The summed E-state index contributed by atoms with van der Waals surface area (Å²) < 4.78 is 0. The zero-order valence-electron chi connectivity index (χ0n) is 7.03. The number of nitrogens with zero attached hydrogens (tertiary/aromatic N) is 1. The van der Waals surface area contributed by atoms with Gasteiger partial charge in [-0.05, 0) is 24.6 Å². The number of nitriles is 1. The molecule has 0 amide bonds. The van der Waals surface area contributed by atoms with Gasteiger partial charge in [0.05, 0.1) is 17.2 Å². The number of anilines is 1. The lowest BCUT2D eigenvalue weighted by atomic mass is 10.0. The van der Waals surface area contributed by atoms with Crippen LogP contribution in [0.2, 0.25) is 0 Å². The molecule has 1 aromatic carbocycles. The lowest BCUT2D eigenvalue weighted by molar-refractivity contribution is 0.0696. The zero-order valence-corrected chi connectivity index (χ0v) is 7.03. The number of carboxylic acids is 1. The summed E-state index contributed by atoms with van der Waals surface area (Å²) in [5.74, 6) is -1.07. The molecule has 0 aromatic heterocycles. The van der Waals surface area contributed by atoms with E-state index in [-0.39, 0.29) is 5.56 Å². The molecule has 0 fully saturated rings. The molecule has 0 aliphatic carbocycles. The van der Waals surface area contributed by atoms with Gasteiger partial charge in [0.2, 0.25) is 0 Å². The fourth-order valence-electron chi connectivity index (χ4n) is 1.07. The van der Waals surface area contributed by atoms with E-state index >= 15 is 0 Å². The van der Waals surface area contributed by atoms with Crippen LogP contribution in [0.5, 0.6) is 0 Å². The number of aromatic carboxylic acids is 1. The maximum absolute atomic E-state index is 10.7. The summed E-state index contributed by atoms with van der Waals surface area (Å²) in [5, 5.41) is 17.4. The molecule has 0 radical (unpaired) electrons. The van der Waals surface area contributed by atoms with Crippen molar-refractivity contribution in [3.05, 3.63) is 28.8 Å². The maximum atomic E-state index is 10.7. The van der Waals surface area contributed by atoms with Crippen molar-refractivity contribution in [1.29, 1.82) is 5.26 Å². The number of benzene rings is 1. The highest BCUT2D eigenvalue weighted by Gasteiger charge is 2.11. The van der Waals surface area contributed by atoms with Crippen LogP contribution in [0.3, 0.4) is 0 Å². The molecule has 0 unspecified atom stereocenters. The van der Waals surface area contributed by atoms with Crippen LogP contribution in [0.25, 0.3) is 0 Å². The third kappa shape index (κ3) is 1.59. The lowest BCUT2D eigenvalue weighted by Crippen LogP contribution is -2.03. The van der Waals surface area contributed by atoms with E-state index in [0.717, 1.165) is 0 Å². The first-order valence-corrected chi connectivity index (χ1v) is 3.59. The number of hydrogen-bond acceptors (Lipinski definition) is 3. The number of nitrogens with two attached hydrogens (primary N) is 1. The highest BCUT2D eigenvalue weighted by molar-refractivity contribution is 5.91. The van der Waals surface area contributed by atoms with Gasteiger partial charge in [0.15, 0.2) is 0 Å². The fraction of sp³-hybridized carbons (Fsp3) is 0.111. The van der Waals surface area contributed by atoms with E-state index in [4.69, 9.17) is 16.1 Å². The minimum atomic E-state index is -1.07. The van der Waals surface area contributed by atoms with Gasteiger partial charge >= 0.3 is 5.97 Å². The molecule has 4 heteroatoms. The number of hydrogen-bond donors (Lipinski definition) is 2. The summed E-state index contributed by atoms with van der Waals surface area (Å²) in [7, 11) is 0. The molecule has 0 aliphatic heterocycles. The van der Waals surface area contributed by atoms with Gasteiger partial charge in [-0.25, -0.2) is 4.79 Å². The number of carboxylic acid groups (broad SMARTS) is 1. The second-order valence-corrected chi connectivity index (χ2v) is 2.66. The van der Waals surface area contributed by atoms with Crippen LogP contribution in [-0.2, 0) is 0 Å². The number of rotatable bonds is 1. The molecule has 0 heterocycles. The van der Waals surface area contributed by atoms with Crippen LogP contribution in [-0.4, -0.2) is 11.1 Å². The Kier molecular flexibility index (Phi) is 2.20. The van der Waals surface area contributed by atoms with Crippen molar-refractivity contribution >= 4 is 11.7 Å². The molecule has 0 saturated heterocycles. The number of carbonyl (C=O) groups is 1. The van der Waals surface area contributed by atoms with Gasteiger partial charge in [-0.2, -0.15) is 5.26 Å². The molecule has 0 atom stereocenters. The van der Waals surface area contributed by atoms with Gasteiger partial charge in [0.1, 0.15) is 0 Å². The SMILES string of the molecule is Cc1c(C#N)cc(N)cc1C(=O)O. The van der Waals surface area contributed by atoms with Crippen LogP contribution in [0, 0.1) is 18.3 Å². The Labute approximate surface area is 75.2 Å². The molecule has 4 nitrogen and oxygen atoms in total. The van der Waals surface area contributed by atoms with E-state index in [9.17, 15) is 4.79 Å². The van der Waals surface area contributed by atoms with E-state index in [0.29, 0.717) is 16.8 Å². The van der Waals surface area contributed by atoms with Gasteiger partial charge in [-0.1, -0.05) is 0 Å². The van der Waals surface area contributed by atoms with Gasteiger partial charge in [0.25, 0.3) is 0 Å². The van der Waals surface area contributed by atoms with Crippen LogP contribution >= 0.6 is 0 Å². The third-order valence-electron chi connectivity index (χ3n) is 1.78. The predicted octanol–water partition coefficient (Wildman–Crippen LogP) is 1.15. The summed E-state index contributed by atoms with van der Waals surface area (Å²) >= 11 is 0. The Morgan fingerprint density at radius 3 is 2.69 bits per heavy atom. The average Bonchev–Trinajstić information content (AvgIpc) is 2.08. The quantitative estimate of drug-likeness (QED) is 0.628. The van der Waals surface area contributed by atoms with E-state index < -0.39 is 5.97 Å². The summed E-state index contributed by atoms with van der Waals surface area (Å²) in [6.45, 7) is 1.58. The monoisotopic (exact) mass is 176 g/mol. The summed E-state index contributed by atoms with van der Waals surface area (Å²) in [6.07, 6.45) is 0. The standard InChI is InChI=1S/C9H8N2O2/c1-5-6(4-10)2-7(11)3-8(5)9(12)13/h2-3H,11H2,1H3,(H,12,13). The normalized spacial score (nSPS) is 9.23. The smallest absolute Gasteiger partial charge is 0.336 e. The molecule has 0 saturated carbocycles. The molecular weight excluding hydrogens is 168 g/mol. The molecule has 3 N–H and O–H groups in total. The minimum Gasteiger partial charge on any atom is -0.478 e. The minimum absolute atomic E-state index is 0.0801. The third-order valence-corrected chi connectivity index (χ3v) is 1.78. The second-order valence-electron chi connectivity index (χ2n) is 2.66. The summed E-state index contributed by atoms with van der Waals surface area (Å²) in [6, 6.07) is 4.69. The molecule has 66 valence electrons. The topological polar surface area (TPSA) is 87.1 Å². The van der Waals surface area contributed by atoms with Gasteiger partial charge in [0, 0.05) is 5.69 Å². The molecular formula is C9H8N2O2. The van der Waals surface area contributed by atoms with Crippen LogP contribution < -0.4 is 5.73 Å². The fourth-order valence-corrected chi connectivity index (χ4v) is 1.07. The van der Waals surface area contributed by atoms with Crippen molar-refractivity contribution in [2.24, 2.45) is 0 Å². The van der Waals surface area contributed by atoms with Crippen molar-refractivity contribution in [2.75, 3.05) is 5.73 Å². The highest BCUT2D eigenvalue weighted by Crippen LogP contribution is 2.17. The average molecular weight is 176 g/mol. The van der Waals surface area contributed by atoms with Gasteiger partial charge in [-0.3, -0.25) is 0 Å². The second kappa shape index (κ2) is 3.15. The highest BCUT2D eigenvalue weighted by atomic mass is 16.4. The zero-order chi connectivity index (χ0) is 10.0. The van der Waals surface area contributed by atoms with E-state index in [1.807, 2.05) is 6.07 Å². The molecule has 1 aromatic rings. The first-order chi connectivity index (χ1) is 6.06. The molecule has 0 bridgehead atoms. The Morgan fingerprint density at radius 2 is 2.23 bits per heavy atom. The van der Waals surface area contributed by atoms with Gasteiger partial charge in [-0.15, -0.1) is 0 Å². The van der Waals surface area contributed by atoms with E-state index in [1.54, 1.807) is 6.92 Å². The first kappa shape index (κ1) is 9.07. The van der Waals surface area contributed by atoms with E-state index in [2.05, 4.69) is 0 Å².